The van der Waals surface area contributed by atoms with Gasteiger partial charge in [-0.25, -0.2) is 0 Å². The number of carbonyl (C=O) groups excluding carboxylic acids is 1. The number of carbonyl (C=O) groups is 1. The van der Waals surface area contributed by atoms with E-state index in [2.05, 4.69) is 5.32 Å². The van der Waals surface area contributed by atoms with Crippen molar-refractivity contribution >= 4 is 29.1 Å². The molecule has 0 saturated heterocycles. The molecule has 0 aromatic heterocycles. The van der Waals surface area contributed by atoms with Crippen LogP contribution >= 0.6 is 23.2 Å². The Balaban J connectivity index is 1.89. The second-order valence-corrected chi connectivity index (χ2v) is 5.55. The number of halogens is 2. The van der Waals surface area contributed by atoms with Crippen molar-refractivity contribution in [3.05, 3.63) is 63.6 Å². The zero-order valence-corrected chi connectivity index (χ0v) is 13.7. The fourth-order valence-corrected chi connectivity index (χ4v) is 2.35. The van der Waals surface area contributed by atoms with Gasteiger partial charge < -0.3 is 10.1 Å². The molecule has 0 bridgehead atoms. The lowest BCUT2D eigenvalue weighted by atomic mass is 10.1. The van der Waals surface area contributed by atoms with E-state index in [-0.39, 0.29) is 5.91 Å². The van der Waals surface area contributed by atoms with Crippen LogP contribution in [-0.2, 0) is 6.42 Å². The van der Waals surface area contributed by atoms with Crippen LogP contribution in [0.15, 0.2) is 42.5 Å². The van der Waals surface area contributed by atoms with Gasteiger partial charge in [0, 0.05) is 17.1 Å². The van der Waals surface area contributed by atoms with Crippen LogP contribution in [0.4, 0.5) is 0 Å². The Bertz CT molecular complexity index is 642. The normalized spacial score (nSPS) is 10.3. The highest BCUT2D eigenvalue weighted by Gasteiger charge is 2.09. The molecule has 0 heterocycles. The van der Waals surface area contributed by atoms with E-state index >= 15 is 0 Å². The zero-order chi connectivity index (χ0) is 15.9. The Morgan fingerprint density at radius 3 is 2.50 bits per heavy atom. The molecule has 3 nitrogen and oxygen atoms in total. The highest BCUT2D eigenvalue weighted by atomic mass is 35.5. The largest absolute Gasteiger partial charge is 0.492 e. The van der Waals surface area contributed by atoms with Crippen LogP contribution in [0, 0.1) is 0 Å². The van der Waals surface area contributed by atoms with Gasteiger partial charge in [-0.1, -0.05) is 35.3 Å². The summed E-state index contributed by atoms with van der Waals surface area (Å²) in [7, 11) is 0. The Labute approximate surface area is 140 Å². The van der Waals surface area contributed by atoms with Gasteiger partial charge in [0.25, 0.3) is 5.91 Å². The number of hydrogen-bond acceptors (Lipinski definition) is 2. The minimum absolute atomic E-state index is 0.154. The van der Waals surface area contributed by atoms with Crippen molar-refractivity contribution in [2.75, 3.05) is 13.2 Å². The summed E-state index contributed by atoms with van der Waals surface area (Å²) in [5, 5.41) is 4.01. The molecule has 1 N–H and O–H groups in total. The van der Waals surface area contributed by atoms with E-state index in [4.69, 9.17) is 27.9 Å². The molecule has 0 aliphatic carbocycles. The molecule has 0 spiro atoms. The topological polar surface area (TPSA) is 38.3 Å². The van der Waals surface area contributed by atoms with Gasteiger partial charge in [0.15, 0.2) is 0 Å². The van der Waals surface area contributed by atoms with E-state index in [0.29, 0.717) is 34.5 Å². The second-order valence-electron chi connectivity index (χ2n) is 4.71. The summed E-state index contributed by atoms with van der Waals surface area (Å²) in [6.45, 7) is 2.96. The molecule has 0 radical (unpaired) electrons. The average Bonchev–Trinajstić information content (AvgIpc) is 2.51. The predicted molar refractivity (Wildman–Crippen MR) is 90.1 cm³/mol. The molecule has 5 heteroatoms. The van der Waals surface area contributed by atoms with E-state index < -0.39 is 0 Å². The van der Waals surface area contributed by atoms with Crippen LogP contribution in [0.25, 0.3) is 0 Å². The Morgan fingerprint density at radius 1 is 1.14 bits per heavy atom. The zero-order valence-electron chi connectivity index (χ0n) is 12.2. The summed E-state index contributed by atoms with van der Waals surface area (Å²) < 4.78 is 5.35. The van der Waals surface area contributed by atoms with Gasteiger partial charge in [-0.3, -0.25) is 4.79 Å². The molecule has 1 amide bonds. The van der Waals surface area contributed by atoms with Gasteiger partial charge in [-0.2, -0.15) is 0 Å². The lowest BCUT2D eigenvalue weighted by Crippen LogP contribution is -2.25. The highest BCUT2D eigenvalue weighted by Crippen LogP contribution is 2.25. The SMILES string of the molecule is CCOc1ccc(C(=O)NCCc2ccc(Cl)cc2)cc1Cl. The van der Waals surface area contributed by atoms with Gasteiger partial charge in [0.1, 0.15) is 5.75 Å². The third-order valence-electron chi connectivity index (χ3n) is 3.11. The molecule has 2 aromatic rings. The van der Waals surface area contributed by atoms with Crippen LogP contribution in [0.2, 0.25) is 10.0 Å². The summed E-state index contributed by atoms with van der Waals surface area (Å²) in [5.74, 6) is 0.431. The van der Waals surface area contributed by atoms with Crippen molar-refractivity contribution < 1.29 is 9.53 Å². The van der Waals surface area contributed by atoms with Crippen LogP contribution < -0.4 is 10.1 Å². The molecule has 0 aliphatic rings. The van der Waals surface area contributed by atoms with E-state index in [9.17, 15) is 4.79 Å². The lowest BCUT2D eigenvalue weighted by Gasteiger charge is -2.09. The molecule has 2 aromatic carbocycles. The maximum Gasteiger partial charge on any atom is 0.251 e. The molecule has 0 saturated carbocycles. The van der Waals surface area contributed by atoms with E-state index in [1.54, 1.807) is 18.2 Å². The van der Waals surface area contributed by atoms with Crippen LogP contribution in [-0.4, -0.2) is 19.1 Å². The van der Waals surface area contributed by atoms with E-state index in [0.717, 1.165) is 12.0 Å². The maximum atomic E-state index is 12.1. The minimum atomic E-state index is -0.154. The lowest BCUT2D eigenvalue weighted by molar-refractivity contribution is 0.0954. The minimum Gasteiger partial charge on any atom is -0.492 e. The molecule has 2 rings (SSSR count). The standard InChI is InChI=1S/C17H17Cl2NO2/c1-2-22-16-8-5-13(11-15(16)19)17(21)20-10-9-12-3-6-14(18)7-4-12/h3-8,11H,2,9-10H2,1H3,(H,20,21). The van der Waals surface area contributed by atoms with E-state index in [1.165, 1.54) is 0 Å². The van der Waals surface area contributed by atoms with Gasteiger partial charge in [0.05, 0.1) is 11.6 Å². The second kappa shape index (κ2) is 8.06. The first kappa shape index (κ1) is 16.7. The third-order valence-corrected chi connectivity index (χ3v) is 3.65. The number of rotatable bonds is 6. The quantitative estimate of drug-likeness (QED) is 0.850. The summed E-state index contributed by atoms with van der Waals surface area (Å²) >= 11 is 11.9. The molecule has 0 aliphatic heterocycles. The average molecular weight is 338 g/mol. The third kappa shape index (κ3) is 4.65. The van der Waals surface area contributed by atoms with E-state index in [1.807, 2.05) is 31.2 Å². The Hall–Kier alpha value is -1.71. The van der Waals surface area contributed by atoms with Crippen LogP contribution in [0.5, 0.6) is 5.75 Å². The smallest absolute Gasteiger partial charge is 0.251 e. The molecule has 22 heavy (non-hydrogen) atoms. The predicted octanol–water partition coefficient (Wildman–Crippen LogP) is 4.36. The van der Waals surface area contributed by atoms with Crippen molar-refractivity contribution in [3.8, 4) is 5.75 Å². The molecule has 0 atom stereocenters. The fraction of sp³-hybridized carbons (Fsp3) is 0.235. The van der Waals surface area contributed by atoms with Crippen LogP contribution in [0.3, 0.4) is 0 Å². The number of hydrogen-bond donors (Lipinski definition) is 1. The highest BCUT2D eigenvalue weighted by molar-refractivity contribution is 6.32. The van der Waals surface area contributed by atoms with Crippen molar-refractivity contribution in [2.45, 2.75) is 13.3 Å². The Morgan fingerprint density at radius 2 is 1.86 bits per heavy atom. The number of ether oxygens (including phenoxy) is 1. The summed E-state index contributed by atoms with van der Waals surface area (Å²) in [5.41, 5.74) is 1.64. The molecular weight excluding hydrogens is 321 g/mol. The van der Waals surface area contributed by atoms with Gasteiger partial charge in [-0.15, -0.1) is 0 Å². The number of amides is 1. The molecule has 0 fully saturated rings. The van der Waals surface area contributed by atoms with Crippen molar-refractivity contribution in [1.82, 2.24) is 5.32 Å². The van der Waals surface area contributed by atoms with Crippen molar-refractivity contribution in [1.29, 1.82) is 0 Å². The molecule has 0 unspecified atom stereocenters. The Kier molecular flexibility index (Phi) is 6.10. The summed E-state index contributed by atoms with van der Waals surface area (Å²) in [6.07, 6.45) is 0.744. The van der Waals surface area contributed by atoms with Gasteiger partial charge >= 0.3 is 0 Å². The summed E-state index contributed by atoms with van der Waals surface area (Å²) in [4.78, 5) is 12.1. The number of nitrogens with one attached hydrogen (secondary N) is 1. The monoisotopic (exact) mass is 337 g/mol. The first-order valence-corrected chi connectivity index (χ1v) is 7.80. The van der Waals surface area contributed by atoms with Crippen molar-refractivity contribution in [3.63, 3.8) is 0 Å². The fourth-order valence-electron chi connectivity index (χ4n) is 1.99. The molecule has 116 valence electrons. The maximum absolute atomic E-state index is 12.1. The first-order valence-electron chi connectivity index (χ1n) is 7.05. The van der Waals surface area contributed by atoms with Crippen molar-refractivity contribution in [2.24, 2.45) is 0 Å². The first-order chi connectivity index (χ1) is 10.6. The van der Waals surface area contributed by atoms with Crippen LogP contribution in [0.1, 0.15) is 22.8 Å². The summed E-state index contributed by atoms with van der Waals surface area (Å²) in [6, 6.07) is 12.6. The van der Waals surface area contributed by atoms with Gasteiger partial charge in [-0.05, 0) is 49.2 Å². The number of benzene rings is 2. The van der Waals surface area contributed by atoms with Gasteiger partial charge in [0.2, 0.25) is 0 Å². The molecular formula is C17H17Cl2NO2.